The molecular weight excluding hydrogens is 246 g/mol. The highest BCUT2D eigenvalue weighted by atomic mass is 16.5. The predicted molar refractivity (Wildman–Crippen MR) is 75.7 cm³/mol. The first-order valence-corrected chi connectivity index (χ1v) is 5.37. The van der Waals surface area contributed by atoms with E-state index in [9.17, 15) is 0 Å². The molecule has 0 aliphatic rings. The highest BCUT2D eigenvalue weighted by Crippen LogP contribution is 2.27. The molecule has 0 heterocycles. The second kappa shape index (κ2) is 5.61. The van der Waals surface area contributed by atoms with Crippen LogP contribution in [0.2, 0.25) is 0 Å². The van der Waals surface area contributed by atoms with Gasteiger partial charge in [-0.3, -0.25) is 17.2 Å². The van der Waals surface area contributed by atoms with Crippen LogP contribution in [0.25, 0.3) is 0 Å². The van der Waals surface area contributed by atoms with Crippen LogP contribution < -0.4 is 33.0 Å². The van der Waals surface area contributed by atoms with Gasteiger partial charge in [-0.25, -0.2) is 0 Å². The molecular formula is C12H19N5O2. The first kappa shape index (κ1) is 14.8. The summed E-state index contributed by atoms with van der Waals surface area (Å²) in [7, 11) is 1.50. The molecule has 9 N–H and O–H groups in total. The van der Waals surface area contributed by atoms with Crippen LogP contribution in [0.5, 0.6) is 5.75 Å². The van der Waals surface area contributed by atoms with Crippen molar-refractivity contribution in [2.45, 2.75) is 5.97 Å². The van der Waals surface area contributed by atoms with E-state index in [1.54, 1.807) is 18.2 Å². The maximum atomic E-state index is 5.80. The van der Waals surface area contributed by atoms with E-state index >= 15 is 0 Å². The number of nitrogen functional groups attached to an aromatic ring is 1. The van der Waals surface area contributed by atoms with Crippen molar-refractivity contribution in [1.29, 1.82) is 0 Å². The lowest BCUT2D eigenvalue weighted by molar-refractivity contribution is 0.0911. The maximum absolute atomic E-state index is 5.80. The van der Waals surface area contributed by atoms with Crippen LogP contribution in [0.3, 0.4) is 0 Å². The molecule has 104 valence electrons. The van der Waals surface area contributed by atoms with Gasteiger partial charge in [0.05, 0.1) is 18.5 Å². The number of nitrogens with two attached hydrogens (primary N) is 4. The van der Waals surface area contributed by atoms with Crippen LogP contribution in [-0.2, 0) is 4.74 Å². The van der Waals surface area contributed by atoms with Crippen molar-refractivity contribution >= 4 is 11.4 Å². The fourth-order valence-corrected chi connectivity index (χ4v) is 1.28. The van der Waals surface area contributed by atoms with Crippen LogP contribution in [0, 0.1) is 0 Å². The molecule has 0 atom stereocenters. The summed E-state index contributed by atoms with van der Waals surface area (Å²) in [5.41, 5.74) is 23.3. The molecule has 0 spiro atoms. The molecule has 0 saturated carbocycles. The van der Waals surface area contributed by atoms with Gasteiger partial charge in [0.15, 0.2) is 0 Å². The van der Waals surface area contributed by atoms with Crippen molar-refractivity contribution in [3.8, 4) is 5.75 Å². The lowest BCUT2D eigenvalue weighted by Crippen LogP contribution is -2.62. The molecule has 0 aliphatic heterocycles. The topological polar surface area (TPSA) is 135 Å². The van der Waals surface area contributed by atoms with Gasteiger partial charge in [-0.1, -0.05) is 13.2 Å². The van der Waals surface area contributed by atoms with Gasteiger partial charge in [-0.05, 0) is 18.2 Å². The number of methoxy groups -OCH3 is 1. The molecule has 1 aromatic carbocycles. The standard InChI is InChI=1S/C12H19N5O2/c1-7(8(2)18-3)17-9-4-5-11(10(13)6-9)19-12(14,15)16/h4-6,17H,1-2,13-16H2,3H3. The molecule has 0 radical (unpaired) electrons. The van der Waals surface area contributed by atoms with Crippen molar-refractivity contribution in [1.82, 2.24) is 0 Å². The highest BCUT2D eigenvalue weighted by Gasteiger charge is 2.15. The Hall–Kier alpha value is -2.22. The fourth-order valence-electron chi connectivity index (χ4n) is 1.28. The highest BCUT2D eigenvalue weighted by molar-refractivity contribution is 5.64. The lowest BCUT2D eigenvalue weighted by Gasteiger charge is -2.21. The number of anilines is 2. The first-order valence-electron chi connectivity index (χ1n) is 5.37. The van der Waals surface area contributed by atoms with E-state index in [0.29, 0.717) is 22.8 Å². The number of hydrogen-bond donors (Lipinski definition) is 5. The molecule has 7 nitrogen and oxygen atoms in total. The minimum absolute atomic E-state index is 0.286. The van der Waals surface area contributed by atoms with Gasteiger partial charge >= 0.3 is 0 Å². The van der Waals surface area contributed by atoms with E-state index in [1.807, 2.05) is 0 Å². The fraction of sp³-hybridized carbons (Fsp3) is 0.167. The van der Waals surface area contributed by atoms with Crippen molar-refractivity contribution in [3.05, 3.63) is 42.8 Å². The Labute approximate surface area is 111 Å². The average molecular weight is 265 g/mol. The number of rotatable bonds is 6. The van der Waals surface area contributed by atoms with E-state index < -0.39 is 5.97 Å². The van der Waals surface area contributed by atoms with Crippen LogP contribution in [0.4, 0.5) is 11.4 Å². The molecule has 0 bridgehead atoms. The summed E-state index contributed by atoms with van der Waals surface area (Å²) in [6, 6.07) is 4.91. The molecule has 0 aliphatic carbocycles. The Morgan fingerprint density at radius 1 is 1.26 bits per heavy atom. The minimum Gasteiger partial charge on any atom is -0.495 e. The van der Waals surface area contributed by atoms with Crippen LogP contribution in [-0.4, -0.2) is 13.1 Å². The lowest BCUT2D eigenvalue weighted by atomic mass is 10.2. The Balaban J connectivity index is 2.83. The molecule has 0 unspecified atom stereocenters. The number of benzene rings is 1. The third-order valence-electron chi connectivity index (χ3n) is 2.17. The molecule has 7 heteroatoms. The van der Waals surface area contributed by atoms with E-state index in [1.165, 1.54) is 7.11 Å². The van der Waals surface area contributed by atoms with Crippen molar-refractivity contribution in [2.75, 3.05) is 18.2 Å². The summed E-state index contributed by atoms with van der Waals surface area (Å²) in [5, 5.41) is 2.98. The predicted octanol–water partition coefficient (Wildman–Crippen LogP) is 0.221. The Bertz CT molecular complexity index is 493. The zero-order valence-corrected chi connectivity index (χ0v) is 10.8. The van der Waals surface area contributed by atoms with Gasteiger partial charge in [0, 0.05) is 5.69 Å². The minimum atomic E-state index is -1.78. The molecule has 0 amide bonds. The number of ether oxygens (including phenoxy) is 2. The first-order chi connectivity index (χ1) is 8.73. The molecule has 19 heavy (non-hydrogen) atoms. The maximum Gasteiger partial charge on any atom is 0.271 e. The molecule has 0 aromatic heterocycles. The smallest absolute Gasteiger partial charge is 0.271 e. The molecule has 0 fully saturated rings. The van der Waals surface area contributed by atoms with Crippen LogP contribution >= 0.6 is 0 Å². The SMILES string of the molecule is C=C(Nc1ccc(OC(N)(N)N)c(N)c1)C(=C)OC. The second-order valence-corrected chi connectivity index (χ2v) is 3.94. The Morgan fingerprint density at radius 3 is 2.37 bits per heavy atom. The number of nitrogens with one attached hydrogen (secondary N) is 1. The van der Waals surface area contributed by atoms with Gasteiger partial charge in [0.25, 0.3) is 5.97 Å². The third-order valence-corrected chi connectivity index (χ3v) is 2.17. The summed E-state index contributed by atoms with van der Waals surface area (Å²) >= 11 is 0. The van der Waals surface area contributed by atoms with Gasteiger partial charge in [-0.15, -0.1) is 0 Å². The average Bonchev–Trinajstić information content (AvgIpc) is 2.30. The normalized spacial score (nSPS) is 10.7. The summed E-state index contributed by atoms with van der Waals surface area (Å²) < 4.78 is 10.0. The zero-order chi connectivity index (χ0) is 14.6. The van der Waals surface area contributed by atoms with Gasteiger partial charge in [-0.2, -0.15) is 0 Å². The molecule has 1 rings (SSSR count). The van der Waals surface area contributed by atoms with Crippen molar-refractivity contribution < 1.29 is 9.47 Å². The summed E-state index contributed by atoms with van der Waals surface area (Å²) in [6.45, 7) is 7.43. The number of hydrogen-bond acceptors (Lipinski definition) is 7. The zero-order valence-electron chi connectivity index (χ0n) is 10.8. The molecule has 1 aromatic rings. The van der Waals surface area contributed by atoms with E-state index in [4.69, 9.17) is 32.4 Å². The van der Waals surface area contributed by atoms with E-state index in [-0.39, 0.29) is 5.75 Å². The summed E-state index contributed by atoms with van der Waals surface area (Å²) in [5.74, 6) is -1.07. The summed E-state index contributed by atoms with van der Waals surface area (Å²) in [4.78, 5) is 0. The largest absolute Gasteiger partial charge is 0.495 e. The van der Waals surface area contributed by atoms with Crippen molar-refractivity contribution in [3.63, 3.8) is 0 Å². The Morgan fingerprint density at radius 2 is 1.89 bits per heavy atom. The quantitative estimate of drug-likeness (QED) is 0.215. The van der Waals surface area contributed by atoms with Crippen LogP contribution in [0.1, 0.15) is 0 Å². The van der Waals surface area contributed by atoms with E-state index in [0.717, 1.165) is 0 Å². The van der Waals surface area contributed by atoms with Crippen LogP contribution in [0.15, 0.2) is 42.8 Å². The van der Waals surface area contributed by atoms with Crippen molar-refractivity contribution in [2.24, 2.45) is 17.2 Å². The third kappa shape index (κ3) is 4.51. The van der Waals surface area contributed by atoms with E-state index in [2.05, 4.69) is 18.5 Å². The Kier molecular flexibility index (Phi) is 4.38. The van der Waals surface area contributed by atoms with Gasteiger partial charge < -0.3 is 20.5 Å². The van der Waals surface area contributed by atoms with Gasteiger partial charge in [0.2, 0.25) is 0 Å². The second-order valence-electron chi connectivity index (χ2n) is 3.94. The molecule has 0 saturated heterocycles. The monoisotopic (exact) mass is 265 g/mol. The summed E-state index contributed by atoms with van der Waals surface area (Å²) in [6.07, 6.45) is 0. The van der Waals surface area contributed by atoms with Gasteiger partial charge in [0.1, 0.15) is 11.5 Å².